The zero-order chi connectivity index (χ0) is 16.5. The molecule has 0 spiro atoms. The van der Waals surface area contributed by atoms with Crippen LogP contribution in [-0.4, -0.2) is 79.5 Å². The van der Waals surface area contributed by atoms with E-state index in [-0.39, 0.29) is 32.6 Å². The predicted molar refractivity (Wildman–Crippen MR) is 72.8 cm³/mol. The second-order valence-electron chi connectivity index (χ2n) is 5.35. The van der Waals surface area contributed by atoms with Crippen molar-refractivity contribution in [2.24, 2.45) is 5.92 Å². The molecule has 1 saturated carbocycles. The number of carbonyl (C=O) groups is 2. The number of ether oxygens (including phenoxy) is 1. The van der Waals surface area contributed by atoms with Gasteiger partial charge in [0.2, 0.25) is 16.1 Å². The third-order valence-electron chi connectivity index (χ3n) is 3.73. The lowest BCUT2D eigenvalue weighted by Crippen LogP contribution is -2.51. The standard InChI is InChI=1S/C11H17N3O7S/c1-22(19,20)13-4-2-12(3-5-13)10(15)7-21-11(16)8-6-9(8)14(17)18/h8-9H,2-7H2,1H3. The third-order valence-corrected chi connectivity index (χ3v) is 5.03. The zero-order valence-corrected chi connectivity index (χ0v) is 12.8. The summed E-state index contributed by atoms with van der Waals surface area (Å²) < 4.78 is 28.7. The van der Waals surface area contributed by atoms with Crippen molar-refractivity contribution in [2.75, 3.05) is 39.0 Å². The smallest absolute Gasteiger partial charge is 0.316 e. The van der Waals surface area contributed by atoms with E-state index in [9.17, 15) is 28.1 Å². The van der Waals surface area contributed by atoms with Gasteiger partial charge in [0.1, 0.15) is 5.92 Å². The summed E-state index contributed by atoms with van der Waals surface area (Å²) in [5, 5.41) is 10.4. The van der Waals surface area contributed by atoms with Crippen LogP contribution in [0.1, 0.15) is 6.42 Å². The Morgan fingerprint density at radius 2 is 1.86 bits per heavy atom. The minimum absolute atomic E-state index is 0.146. The molecular weight excluding hydrogens is 318 g/mol. The number of piperazine rings is 1. The first-order chi connectivity index (χ1) is 10.2. The molecule has 11 heteroatoms. The highest BCUT2D eigenvalue weighted by molar-refractivity contribution is 7.88. The molecule has 0 radical (unpaired) electrons. The van der Waals surface area contributed by atoms with Crippen LogP contribution >= 0.6 is 0 Å². The fourth-order valence-corrected chi connectivity index (χ4v) is 3.09. The lowest BCUT2D eigenvalue weighted by atomic mass is 10.3. The number of nitro groups is 1. The average molecular weight is 335 g/mol. The van der Waals surface area contributed by atoms with Crippen molar-refractivity contribution in [1.82, 2.24) is 9.21 Å². The summed E-state index contributed by atoms with van der Waals surface area (Å²) in [5.41, 5.74) is 0. The Kier molecular flexibility index (Phi) is 4.66. The Balaban J connectivity index is 1.73. The molecule has 10 nitrogen and oxygen atoms in total. The highest BCUT2D eigenvalue weighted by Crippen LogP contribution is 2.34. The van der Waals surface area contributed by atoms with E-state index < -0.39 is 45.4 Å². The van der Waals surface area contributed by atoms with Crippen molar-refractivity contribution < 1.29 is 27.7 Å². The van der Waals surface area contributed by atoms with Gasteiger partial charge in [-0.2, -0.15) is 4.31 Å². The number of carbonyl (C=O) groups excluding carboxylic acids is 2. The van der Waals surface area contributed by atoms with Gasteiger partial charge in [-0.3, -0.25) is 19.7 Å². The van der Waals surface area contributed by atoms with Crippen molar-refractivity contribution in [1.29, 1.82) is 0 Å². The highest BCUT2D eigenvalue weighted by atomic mass is 32.2. The molecule has 22 heavy (non-hydrogen) atoms. The maximum atomic E-state index is 11.9. The first-order valence-electron chi connectivity index (χ1n) is 6.73. The molecule has 2 fully saturated rings. The van der Waals surface area contributed by atoms with Crippen molar-refractivity contribution in [3.8, 4) is 0 Å². The van der Waals surface area contributed by atoms with Gasteiger partial charge in [-0.05, 0) is 0 Å². The minimum atomic E-state index is -3.27. The maximum Gasteiger partial charge on any atom is 0.316 e. The summed E-state index contributed by atoms with van der Waals surface area (Å²) in [6.45, 7) is 0.378. The number of amides is 1. The number of nitrogens with zero attached hydrogens (tertiary/aromatic N) is 3. The van der Waals surface area contributed by atoms with Crippen molar-refractivity contribution in [3.63, 3.8) is 0 Å². The second kappa shape index (κ2) is 6.16. The van der Waals surface area contributed by atoms with E-state index in [1.807, 2.05) is 0 Å². The first kappa shape index (κ1) is 16.6. The maximum absolute atomic E-state index is 11.9. The molecule has 124 valence electrons. The molecule has 0 bridgehead atoms. The van der Waals surface area contributed by atoms with E-state index in [0.717, 1.165) is 6.26 Å². The van der Waals surface area contributed by atoms with Gasteiger partial charge in [0, 0.05) is 37.5 Å². The predicted octanol–water partition coefficient (Wildman–Crippen LogP) is -1.70. The molecule has 0 aromatic rings. The Hall–Kier alpha value is -1.75. The number of sulfonamides is 1. The van der Waals surface area contributed by atoms with Crippen LogP contribution < -0.4 is 0 Å². The topological polar surface area (TPSA) is 127 Å². The molecule has 1 heterocycles. The number of hydrogen-bond donors (Lipinski definition) is 0. The second-order valence-corrected chi connectivity index (χ2v) is 7.33. The number of esters is 1. The molecule has 0 aromatic carbocycles. The van der Waals surface area contributed by atoms with Crippen LogP contribution in [0, 0.1) is 16.0 Å². The van der Waals surface area contributed by atoms with Gasteiger partial charge in [-0.15, -0.1) is 0 Å². The molecule has 1 amide bonds. The van der Waals surface area contributed by atoms with E-state index in [0.29, 0.717) is 0 Å². The van der Waals surface area contributed by atoms with Crippen LogP contribution in [-0.2, 0) is 24.3 Å². The van der Waals surface area contributed by atoms with Crippen LogP contribution in [0.4, 0.5) is 0 Å². The van der Waals surface area contributed by atoms with Gasteiger partial charge in [-0.25, -0.2) is 8.42 Å². The molecule has 1 saturated heterocycles. The summed E-state index contributed by atoms with van der Waals surface area (Å²) in [6, 6.07) is -0.902. The van der Waals surface area contributed by atoms with Gasteiger partial charge >= 0.3 is 5.97 Å². The van der Waals surface area contributed by atoms with Crippen molar-refractivity contribution in [2.45, 2.75) is 12.5 Å². The SMILES string of the molecule is CS(=O)(=O)N1CCN(C(=O)COC(=O)C2CC2[N+](=O)[O-])CC1. The molecule has 1 aliphatic carbocycles. The van der Waals surface area contributed by atoms with Crippen LogP contribution in [0.15, 0.2) is 0 Å². The van der Waals surface area contributed by atoms with E-state index in [4.69, 9.17) is 4.74 Å². The fourth-order valence-electron chi connectivity index (χ4n) is 2.27. The molecule has 1 aliphatic heterocycles. The minimum Gasteiger partial charge on any atom is -0.455 e. The molecule has 2 rings (SSSR count). The summed E-state index contributed by atoms with van der Waals surface area (Å²) >= 11 is 0. The Labute approximate surface area is 127 Å². The summed E-state index contributed by atoms with van der Waals surface area (Å²) in [7, 11) is -3.27. The van der Waals surface area contributed by atoms with Gasteiger partial charge in [0.05, 0.1) is 6.26 Å². The monoisotopic (exact) mass is 335 g/mol. The zero-order valence-electron chi connectivity index (χ0n) is 12.0. The van der Waals surface area contributed by atoms with Gasteiger partial charge in [-0.1, -0.05) is 0 Å². The summed E-state index contributed by atoms with van der Waals surface area (Å²) in [6.07, 6.45) is 1.25. The van der Waals surface area contributed by atoms with E-state index in [2.05, 4.69) is 0 Å². The molecule has 2 aliphatic rings. The quantitative estimate of drug-likeness (QED) is 0.333. The highest BCUT2D eigenvalue weighted by Gasteiger charge is 2.54. The third kappa shape index (κ3) is 3.91. The van der Waals surface area contributed by atoms with Crippen LogP contribution in [0.25, 0.3) is 0 Å². The first-order valence-corrected chi connectivity index (χ1v) is 8.58. The van der Waals surface area contributed by atoms with E-state index in [1.54, 1.807) is 0 Å². The van der Waals surface area contributed by atoms with Crippen LogP contribution in [0.2, 0.25) is 0 Å². The number of rotatable bonds is 5. The molecule has 2 unspecified atom stereocenters. The lowest BCUT2D eigenvalue weighted by molar-refractivity contribution is -0.497. The van der Waals surface area contributed by atoms with Gasteiger partial charge < -0.3 is 9.64 Å². The average Bonchev–Trinajstić information content (AvgIpc) is 3.24. The van der Waals surface area contributed by atoms with Crippen LogP contribution in [0.3, 0.4) is 0 Å². The molecule has 0 aromatic heterocycles. The summed E-state index contributed by atoms with van der Waals surface area (Å²) in [4.78, 5) is 34.7. The largest absolute Gasteiger partial charge is 0.455 e. The number of hydrogen-bond acceptors (Lipinski definition) is 7. The molecular formula is C11H17N3O7S. The molecule has 2 atom stereocenters. The molecule has 0 N–H and O–H groups in total. The Morgan fingerprint density at radius 3 is 2.32 bits per heavy atom. The van der Waals surface area contributed by atoms with E-state index in [1.165, 1.54) is 9.21 Å². The van der Waals surface area contributed by atoms with Crippen molar-refractivity contribution in [3.05, 3.63) is 10.1 Å². The summed E-state index contributed by atoms with van der Waals surface area (Å²) in [5.74, 6) is -1.92. The van der Waals surface area contributed by atoms with E-state index >= 15 is 0 Å². The van der Waals surface area contributed by atoms with Crippen molar-refractivity contribution >= 4 is 21.9 Å². The fraction of sp³-hybridized carbons (Fsp3) is 0.818. The Bertz CT molecular complexity index is 582. The van der Waals surface area contributed by atoms with Gasteiger partial charge in [0.15, 0.2) is 6.61 Å². The normalized spacial score (nSPS) is 25.6. The van der Waals surface area contributed by atoms with Crippen LogP contribution in [0.5, 0.6) is 0 Å². The Morgan fingerprint density at radius 1 is 1.27 bits per heavy atom. The lowest BCUT2D eigenvalue weighted by Gasteiger charge is -2.33. The van der Waals surface area contributed by atoms with Gasteiger partial charge in [0.25, 0.3) is 5.91 Å².